The molecule has 0 amide bonds. The van der Waals surface area contributed by atoms with Gasteiger partial charge in [0.05, 0.1) is 17.9 Å². The molecule has 0 aromatic heterocycles. The number of rotatable bonds is 8. The van der Waals surface area contributed by atoms with E-state index in [2.05, 4.69) is 0 Å². The number of carboxylic acid groups (broad SMARTS) is 1. The maximum absolute atomic E-state index is 12.2. The first-order valence-electron chi connectivity index (χ1n) is 6.22. The van der Waals surface area contributed by atoms with Crippen molar-refractivity contribution in [3.05, 3.63) is 29.8 Å². The SMILES string of the molecule is CCOCCN(C)S(=O)(=O)c1ccc(CC(=O)O)cc1. The second-order valence-electron chi connectivity index (χ2n) is 4.24. The van der Waals surface area contributed by atoms with Gasteiger partial charge in [0.15, 0.2) is 0 Å². The maximum Gasteiger partial charge on any atom is 0.307 e. The third-order valence-corrected chi connectivity index (χ3v) is 4.61. The molecule has 0 radical (unpaired) electrons. The zero-order valence-electron chi connectivity index (χ0n) is 11.6. The minimum atomic E-state index is -3.56. The molecule has 0 bridgehead atoms. The number of carbonyl (C=O) groups is 1. The molecule has 20 heavy (non-hydrogen) atoms. The van der Waals surface area contributed by atoms with Crippen LogP contribution in [0.4, 0.5) is 0 Å². The van der Waals surface area contributed by atoms with Crippen molar-refractivity contribution in [3.8, 4) is 0 Å². The summed E-state index contributed by atoms with van der Waals surface area (Å²) in [6, 6.07) is 5.87. The summed E-state index contributed by atoms with van der Waals surface area (Å²) in [6.45, 7) is 2.99. The molecule has 7 heteroatoms. The van der Waals surface area contributed by atoms with Crippen LogP contribution in [-0.2, 0) is 26.0 Å². The molecule has 0 aliphatic rings. The summed E-state index contributed by atoms with van der Waals surface area (Å²) in [4.78, 5) is 10.7. The zero-order chi connectivity index (χ0) is 15.2. The number of carboxylic acids is 1. The molecule has 1 rings (SSSR count). The number of aliphatic carboxylic acids is 1. The number of ether oxygens (including phenoxy) is 1. The van der Waals surface area contributed by atoms with Crippen LogP contribution >= 0.6 is 0 Å². The summed E-state index contributed by atoms with van der Waals surface area (Å²) < 4.78 is 30.8. The van der Waals surface area contributed by atoms with Crippen molar-refractivity contribution in [2.75, 3.05) is 26.8 Å². The van der Waals surface area contributed by atoms with E-state index in [1.807, 2.05) is 6.92 Å². The first-order chi connectivity index (χ1) is 9.37. The van der Waals surface area contributed by atoms with Crippen molar-refractivity contribution < 1.29 is 23.1 Å². The van der Waals surface area contributed by atoms with Crippen molar-refractivity contribution in [1.82, 2.24) is 4.31 Å². The number of hydrogen-bond donors (Lipinski definition) is 1. The monoisotopic (exact) mass is 301 g/mol. The quantitative estimate of drug-likeness (QED) is 0.723. The van der Waals surface area contributed by atoms with E-state index in [1.165, 1.54) is 35.6 Å². The van der Waals surface area contributed by atoms with Crippen molar-refractivity contribution in [1.29, 1.82) is 0 Å². The van der Waals surface area contributed by atoms with E-state index in [9.17, 15) is 13.2 Å². The van der Waals surface area contributed by atoms with Crippen LogP contribution in [0.1, 0.15) is 12.5 Å². The van der Waals surface area contributed by atoms with E-state index in [0.717, 1.165) is 0 Å². The molecule has 0 saturated carbocycles. The highest BCUT2D eigenvalue weighted by molar-refractivity contribution is 7.89. The largest absolute Gasteiger partial charge is 0.481 e. The van der Waals surface area contributed by atoms with Gasteiger partial charge < -0.3 is 9.84 Å². The lowest BCUT2D eigenvalue weighted by Gasteiger charge is -2.17. The van der Waals surface area contributed by atoms with Crippen molar-refractivity contribution in [2.45, 2.75) is 18.2 Å². The van der Waals surface area contributed by atoms with E-state index < -0.39 is 16.0 Å². The lowest BCUT2D eigenvalue weighted by molar-refractivity contribution is -0.136. The van der Waals surface area contributed by atoms with E-state index in [0.29, 0.717) is 18.8 Å². The molecule has 0 fully saturated rings. The number of sulfonamides is 1. The van der Waals surface area contributed by atoms with Crippen LogP contribution < -0.4 is 0 Å². The fourth-order valence-electron chi connectivity index (χ4n) is 1.59. The topological polar surface area (TPSA) is 83.9 Å². The second kappa shape index (κ2) is 7.37. The molecule has 0 heterocycles. The number of nitrogens with zero attached hydrogens (tertiary/aromatic N) is 1. The van der Waals surface area contributed by atoms with Gasteiger partial charge in [-0.3, -0.25) is 4.79 Å². The third kappa shape index (κ3) is 4.59. The standard InChI is InChI=1S/C13H19NO5S/c1-3-19-9-8-14(2)20(17,18)12-6-4-11(5-7-12)10-13(15)16/h4-7H,3,8-10H2,1-2H3,(H,15,16). The molecular formula is C13H19NO5S. The van der Waals surface area contributed by atoms with E-state index >= 15 is 0 Å². The van der Waals surface area contributed by atoms with Crippen LogP contribution in [-0.4, -0.2) is 50.6 Å². The highest BCUT2D eigenvalue weighted by Crippen LogP contribution is 2.15. The number of hydrogen-bond acceptors (Lipinski definition) is 4. The van der Waals surface area contributed by atoms with Crippen LogP contribution in [0.5, 0.6) is 0 Å². The molecule has 0 unspecified atom stereocenters. The van der Waals surface area contributed by atoms with Gasteiger partial charge in [-0.15, -0.1) is 0 Å². The Morgan fingerprint density at radius 2 is 1.90 bits per heavy atom. The molecular weight excluding hydrogens is 282 g/mol. The lowest BCUT2D eigenvalue weighted by Crippen LogP contribution is -2.30. The zero-order valence-corrected chi connectivity index (χ0v) is 12.4. The predicted molar refractivity (Wildman–Crippen MR) is 74.1 cm³/mol. The van der Waals surface area contributed by atoms with Crippen molar-refractivity contribution in [3.63, 3.8) is 0 Å². The van der Waals surface area contributed by atoms with E-state index in [1.54, 1.807) is 0 Å². The fourth-order valence-corrected chi connectivity index (χ4v) is 2.75. The van der Waals surface area contributed by atoms with Crippen LogP contribution in [0.2, 0.25) is 0 Å². The Kier molecular flexibility index (Phi) is 6.12. The number of likely N-dealkylation sites (N-methyl/N-ethyl adjacent to an activating group) is 1. The van der Waals surface area contributed by atoms with Gasteiger partial charge in [0.25, 0.3) is 0 Å². The average Bonchev–Trinajstić information content (AvgIpc) is 2.38. The Balaban J connectivity index is 2.79. The highest BCUT2D eigenvalue weighted by Gasteiger charge is 2.20. The van der Waals surface area contributed by atoms with Crippen LogP contribution in [0.3, 0.4) is 0 Å². The predicted octanol–water partition coefficient (Wildman–Crippen LogP) is 0.971. The fraction of sp³-hybridized carbons (Fsp3) is 0.462. The summed E-state index contributed by atoms with van der Waals surface area (Å²) >= 11 is 0. The first-order valence-corrected chi connectivity index (χ1v) is 7.66. The average molecular weight is 301 g/mol. The lowest BCUT2D eigenvalue weighted by atomic mass is 10.2. The minimum Gasteiger partial charge on any atom is -0.481 e. The summed E-state index contributed by atoms with van der Waals surface area (Å²) in [6.07, 6.45) is -0.124. The second-order valence-corrected chi connectivity index (χ2v) is 6.28. The van der Waals surface area contributed by atoms with Crippen LogP contribution in [0, 0.1) is 0 Å². The minimum absolute atomic E-state index is 0.124. The summed E-state index contributed by atoms with van der Waals surface area (Å²) in [5.74, 6) is -0.950. The van der Waals surface area contributed by atoms with E-state index in [4.69, 9.17) is 9.84 Å². The van der Waals surface area contributed by atoms with Gasteiger partial charge in [-0.05, 0) is 24.6 Å². The summed E-state index contributed by atoms with van der Waals surface area (Å²) in [5, 5.41) is 8.66. The van der Waals surface area contributed by atoms with Gasteiger partial charge in [0, 0.05) is 20.2 Å². The molecule has 1 aromatic carbocycles. The third-order valence-electron chi connectivity index (χ3n) is 2.74. The molecule has 6 nitrogen and oxygen atoms in total. The van der Waals surface area contributed by atoms with Crippen molar-refractivity contribution >= 4 is 16.0 Å². The Hall–Kier alpha value is -1.44. The molecule has 112 valence electrons. The van der Waals surface area contributed by atoms with Gasteiger partial charge in [-0.25, -0.2) is 8.42 Å². The van der Waals surface area contributed by atoms with Crippen LogP contribution in [0.25, 0.3) is 0 Å². The van der Waals surface area contributed by atoms with Gasteiger partial charge in [0.1, 0.15) is 0 Å². The van der Waals surface area contributed by atoms with Gasteiger partial charge in [-0.1, -0.05) is 12.1 Å². The van der Waals surface area contributed by atoms with Crippen molar-refractivity contribution in [2.24, 2.45) is 0 Å². The Morgan fingerprint density at radius 1 is 1.30 bits per heavy atom. The first kappa shape index (κ1) is 16.6. The molecule has 0 aliphatic carbocycles. The summed E-state index contributed by atoms with van der Waals surface area (Å²) in [5.41, 5.74) is 0.563. The molecule has 0 atom stereocenters. The maximum atomic E-state index is 12.2. The highest BCUT2D eigenvalue weighted by atomic mass is 32.2. The van der Waals surface area contributed by atoms with Gasteiger partial charge in [0.2, 0.25) is 10.0 Å². The molecule has 1 N–H and O–H groups in total. The van der Waals surface area contributed by atoms with E-state index in [-0.39, 0.29) is 17.9 Å². The Labute approximate surface area is 119 Å². The molecule has 0 spiro atoms. The molecule has 1 aromatic rings. The molecule has 0 aliphatic heterocycles. The Morgan fingerprint density at radius 3 is 2.40 bits per heavy atom. The normalized spacial score (nSPS) is 11.8. The van der Waals surface area contributed by atoms with Crippen LogP contribution in [0.15, 0.2) is 29.2 Å². The summed E-state index contributed by atoms with van der Waals surface area (Å²) in [7, 11) is -2.07. The Bertz CT molecular complexity index is 538. The smallest absolute Gasteiger partial charge is 0.307 e. The number of benzene rings is 1. The van der Waals surface area contributed by atoms with Gasteiger partial charge >= 0.3 is 5.97 Å². The molecule has 0 saturated heterocycles. The van der Waals surface area contributed by atoms with Gasteiger partial charge in [-0.2, -0.15) is 4.31 Å².